The first kappa shape index (κ1) is 32.9. The lowest BCUT2D eigenvalue weighted by Gasteiger charge is -2.25. The van der Waals surface area contributed by atoms with Crippen molar-refractivity contribution in [3.8, 4) is 0 Å². The highest BCUT2D eigenvalue weighted by molar-refractivity contribution is 7.87. The molecule has 2 saturated heterocycles. The number of carboxylic acids is 2. The van der Waals surface area contributed by atoms with Crippen molar-refractivity contribution in [3.05, 3.63) is 50.5 Å². The van der Waals surface area contributed by atoms with E-state index in [1.54, 1.807) is 0 Å². The van der Waals surface area contributed by atoms with Crippen molar-refractivity contribution < 1.29 is 34.5 Å². The number of aromatic amines is 1. The largest absolute Gasteiger partial charge is 0.481 e. The lowest BCUT2D eigenvalue weighted by molar-refractivity contribution is -0.138. The Hall–Kier alpha value is -3.51. The fourth-order valence-corrected chi connectivity index (χ4v) is 8.16. The number of thiol groups is 1. The van der Waals surface area contributed by atoms with Crippen LogP contribution in [0.2, 0.25) is 0 Å². The second-order valence-electron chi connectivity index (χ2n) is 12.8. The van der Waals surface area contributed by atoms with Crippen LogP contribution in [-0.4, -0.2) is 73.2 Å². The van der Waals surface area contributed by atoms with Gasteiger partial charge in [0.25, 0.3) is 5.91 Å². The van der Waals surface area contributed by atoms with Gasteiger partial charge < -0.3 is 36.3 Å². The van der Waals surface area contributed by atoms with Crippen molar-refractivity contribution in [2.24, 2.45) is 11.8 Å². The van der Waals surface area contributed by atoms with Crippen molar-refractivity contribution >= 4 is 41.6 Å². The van der Waals surface area contributed by atoms with E-state index >= 15 is 0 Å². The molecule has 0 radical (unpaired) electrons. The first-order chi connectivity index (χ1) is 21.3. The third-order valence-electron chi connectivity index (χ3n) is 10.2. The quantitative estimate of drug-likeness (QED) is 0.0974. The van der Waals surface area contributed by atoms with Crippen LogP contribution in [0.1, 0.15) is 88.4 Å². The smallest absolute Gasteiger partial charge is 0.303 e. The summed E-state index contributed by atoms with van der Waals surface area (Å²) in [7, 11) is 0. The van der Waals surface area contributed by atoms with Gasteiger partial charge in [-0.3, -0.25) is 19.2 Å². The van der Waals surface area contributed by atoms with Gasteiger partial charge in [0.15, 0.2) is 11.0 Å². The van der Waals surface area contributed by atoms with E-state index < -0.39 is 24.1 Å². The molecule has 2 fully saturated rings. The van der Waals surface area contributed by atoms with Gasteiger partial charge in [0, 0.05) is 41.9 Å². The number of carbonyl (C=O) groups is 4. The van der Waals surface area contributed by atoms with Gasteiger partial charge in [-0.05, 0) is 91.6 Å². The molecular formula is C33H45N4O7S+. The molecule has 1 aromatic rings. The topological polar surface area (TPSA) is 181 Å². The van der Waals surface area contributed by atoms with E-state index in [1.165, 1.54) is 11.8 Å². The van der Waals surface area contributed by atoms with E-state index in [4.69, 9.17) is 0 Å². The molecule has 4 aliphatic heterocycles. The number of carbonyl (C=O) groups excluding carboxylic acids is 2. The van der Waals surface area contributed by atoms with Crippen LogP contribution in [0.25, 0.3) is 6.08 Å². The number of aliphatic carboxylic acids is 2. The number of nitrogens with one attached hydrogen (secondary N) is 4. The van der Waals surface area contributed by atoms with Crippen LogP contribution in [-0.2, 0) is 37.4 Å². The molecule has 0 bridgehead atoms. The first-order valence-corrected chi connectivity index (χ1v) is 17.0. The van der Waals surface area contributed by atoms with Gasteiger partial charge in [0.1, 0.15) is 6.10 Å². The number of hydrogen-bond donors (Lipinski definition) is 7. The molecule has 5 rings (SSSR count). The summed E-state index contributed by atoms with van der Waals surface area (Å²) in [5.41, 5.74) is 7.24. The molecule has 4 aliphatic rings. The summed E-state index contributed by atoms with van der Waals surface area (Å²) in [6, 6.07) is -0.740. The van der Waals surface area contributed by atoms with Gasteiger partial charge in [-0.25, -0.2) is 0 Å². The molecule has 2 amide bonds. The number of rotatable bonds is 13. The molecule has 12 heteroatoms. The predicted octanol–water partition coefficient (Wildman–Crippen LogP) is 2.43. The highest BCUT2D eigenvalue weighted by atomic mass is 32.2. The summed E-state index contributed by atoms with van der Waals surface area (Å²) in [4.78, 5) is 51.7. The minimum Gasteiger partial charge on any atom is -0.481 e. The highest BCUT2D eigenvalue weighted by Crippen LogP contribution is 2.39. The van der Waals surface area contributed by atoms with E-state index in [-0.39, 0.29) is 55.0 Å². The standard InChI is InChI=1S/C33H44N4O7S/c1-6-18-16(4)32(43)37-30(18)31(42)29-15(3)20(8-10-27(40)41)24(35-29)12-23-19(7-9-26(38)39)14(2)21(34-23)11-22-17(5)28(25-13-45-25)33(44)36-22/h12,16,18,21-22,25,30-31,34-35,42H,6-11,13H2,1-5H3,(H,36,44)(H,37,43)(H,38,39)(H,40,41)/p+1/b23-12+/t16-,18-,21?,22-,25-,30?,31+/m1/s1. The third-order valence-corrected chi connectivity index (χ3v) is 11.2. The van der Waals surface area contributed by atoms with Crippen molar-refractivity contribution in [1.29, 1.82) is 0 Å². The van der Waals surface area contributed by atoms with Crippen LogP contribution in [0.5, 0.6) is 0 Å². The molecule has 7 N–H and O–H groups in total. The molecule has 7 atom stereocenters. The molecule has 5 heterocycles. The summed E-state index contributed by atoms with van der Waals surface area (Å²) in [5, 5.41) is 40.5. The number of allylic oxidation sites excluding steroid dienone is 1. The minimum absolute atomic E-state index is 0.00294. The maximum atomic E-state index is 12.7. The van der Waals surface area contributed by atoms with Crippen molar-refractivity contribution in [1.82, 2.24) is 20.9 Å². The summed E-state index contributed by atoms with van der Waals surface area (Å²) in [6.07, 6.45) is 2.56. The Morgan fingerprint density at radius 1 is 1.00 bits per heavy atom. The normalized spacial score (nSPS) is 29.3. The van der Waals surface area contributed by atoms with Crippen molar-refractivity contribution in [2.75, 3.05) is 5.75 Å². The second-order valence-corrected chi connectivity index (χ2v) is 14.2. The van der Waals surface area contributed by atoms with Gasteiger partial charge in [0.05, 0.1) is 17.7 Å². The minimum atomic E-state index is -1.02. The van der Waals surface area contributed by atoms with E-state index in [2.05, 4.69) is 20.9 Å². The Morgan fingerprint density at radius 2 is 1.64 bits per heavy atom. The van der Waals surface area contributed by atoms with Crippen molar-refractivity contribution in [3.63, 3.8) is 0 Å². The second kappa shape index (κ2) is 13.1. The third kappa shape index (κ3) is 6.58. The van der Waals surface area contributed by atoms with Gasteiger partial charge in [0.2, 0.25) is 5.91 Å². The molecule has 2 unspecified atom stereocenters. The van der Waals surface area contributed by atoms with E-state index in [1.807, 2.05) is 40.7 Å². The number of amides is 2. The van der Waals surface area contributed by atoms with Crippen LogP contribution in [0, 0.1) is 18.8 Å². The SMILES string of the molecule is CC[C@H]1C([C@@H](O)c2[nH]c(/C=C3/NC(C[C@H]4NC(=O)C([C@H]5C[SH+]5)=C4C)C(C)=C3CCC(=O)O)c(CCC(=O)O)c2C)NC(=O)[C@@H]1C. The van der Waals surface area contributed by atoms with Crippen LogP contribution in [0.4, 0.5) is 0 Å². The summed E-state index contributed by atoms with van der Waals surface area (Å²) >= 11 is 1.28. The predicted molar refractivity (Wildman–Crippen MR) is 172 cm³/mol. The fourth-order valence-electron chi connectivity index (χ4n) is 7.37. The van der Waals surface area contributed by atoms with E-state index in [0.717, 1.165) is 44.9 Å². The number of aliphatic hydroxyl groups is 1. The van der Waals surface area contributed by atoms with Gasteiger partial charge in [-0.2, -0.15) is 0 Å². The molecule has 45 heavy (non-hydrogen) atoms. The maximum Gasteiger partial charge on any atom is 0.303 e. The molecule has 244 valence electrons. The first-order valence-electron chi connectivity index (χ1n) is 15.8. The molecule has 0 saturated carbocycles. The average Bonchev–Trinajstić information content (AvgIpc) is 3.53. The van der Waals surface area contributed by atoms with E-state index in [9.17, 15) is 34.5 Å². The lowest BCUT2D eigenvalue weighted by Crippen LogP contribution is -2.36. The fraction of sp³-hybridized carbons (Fsp3) is 0.576. The van der Waals surface area contributed by atoms with Crippen LogP contribution >= 0.6 is 0 Å². The molecule has 1 aromatic heterocycles. The zero-order valence-corrected chi connectivity index (χ0v) is 27.4. The van der Waals surface area contributed by atoms with E-state index in [0.29, 0.717) is 35.9 Å². The summed E-state index contributed by atoms with van der Waals surface area (Å²) < 4.78 is 0. The zero-order chi connectivity index (χ0) is 32.7. The summed E-state index contributed by atoms with van der Waals surface area (Å²) in [5.74, 6) is -1.22. The Bertz CT molecular complexity index is 1500. The van der Waals surface area contributed by atoms with Crippen LogP contribution in [0.15, 0.2) is 28.0 Å². The zero-order valence-electron chi connectivity index (χ0n) is 26.5. The van der Waals surface area contributed by atoms with Crippen molar-refractivity contribution in [2.45, 2.75) is 103 Å². The number of H-pyrrole nitrogens is 1. The Morgan fingerprint density at radius 3 is 2.27 bits per heavy atom. The monoisotopic (exact) mass is 641 g/mol. The average molecular weight is 642 g/mol. The van der Waals surface area contributed by atoms with Gasteiger partial charge >= 0.3 is 11.9 Å². The number of aliphatic hydroxyl groups excluding tert-OH is 1. The highest BCUT2D eigenvalue weighted by Gasteiger charge is 2.47. The molecule has 0 aromatic carbocycles. The molecule has 0 aliphatic carbocycles. The Balaban J connectivity index is 1.49. The number of aromatic nitrogens is 1. The molecule has 0 spiro atoms. The Labute approximate surface area is 267 Å². The van der Waals surface area contributed by atoms with Gasteiger partial charge in [-0.1, -0.05) is 20.3 Å². The van der Waals surface area contributed by atoms with Crippen LogP contribution in [0.3, 0.4) is 0 Å². The van der Waals surface area contributed by atoms with Crippen LogP contribution < -0.4 is 16.0 Å². The number of carboxylic acid groups (broad SMARTS) is 2. The Kier molecular flexibility index (Phi) is 9.55. The number of hydrogen-bond acceptors (Lipinski definition) is 6. The maximum absolute atomic E-state index is 12.7. The summed E-state index contributed by atoms with van der Waals surface area (Å²) in [6.45, 7) is 9.71. The lowest BCUT2D eigenvalue weighted by atomic mass is 9.85. The molecule has 11 nitrogen and oxygen atoms in total. The molecular weight excluding hydrogens is 596 g/mol. The van der Waals surface area contributed by atoms with Gasteiger partial charge in [-0.15, -0.1) is 0 Å².